The molecular weight excluding hydrogens is 410 g/mol. The number of likely N-dealkylation sites (tertiary alicyclic amines) is 1. The largest absolute Gasteiger partial charge is 0.480 e. The second-order valence-corrected chi connectivity index (χ2v) is 7.56. The number of nitriles is 1. The number of halogens is 1. The highest BCUT2D eigenvalue weighted by Crippen LogP contribution is 2.49. The molecule has 2 aromatic carbocycles. The number of carboxylic acids is 1. The van der Waals surface area contributed by atoms with Gasteiger partial charge in [0.2, 0.25) is 17.7 Å². The summed E-state index contributed by atoms with van der Waals surface area (Å²) in [6.45, 7) is -0.738. The summed E-state index contributed by atoms with van der Waals surface area (Å²) in [6, 6.07) is 12.9. The van der Waals surface area contributed by atoms with Crippen LogP contribution >= 0.6 is 11.6 Å². The lowest BCUT2D eigenvalue weighted by Gasteiger charge is -2.22. The Bertz CT molecular complexity index is 1170. The van der Waals surface area contributed by atoms with Gasteiger partial charge in [0.25, 0.3) is 0 Å². The average molecular weight is 424 g/mol. The standard InChI is InChI=1S/C21H14ClN3O5/c22-14-4-5-16-15(7-14)21(19(29)24(16)11-18(27)28)8-17(26)25(20(21)30)10-13-3-1-2-12(6-13)9-23/h1-7H,8,10-11H2,(H,27,28). The Labute approximate surface area is 175 Å². The van der Waals surface area contributed by atoms with Gasteiger partial charge >= 0.3 is 5.97 Å². The van der Waals surface area contributed by atoms with Gasteiger partial charge < -0.3 is 5.11 Å². The minimum atomic E-state index is -1.83. The number of aliphatic carboxylic acids is 1. The molecule has 0 bridgehead atoms. The van der Waals surface area contributed by atoms with Crippen molar-refractivity contribution in [2.24, 2.45) is 0 Å². The number of rotatable bonds is 4. The monoisotopic (exact) mass is 423 g/mol. The molecule has 1 fully saturated rings. The predicted molar refractivity (Wildman–Crippen MR) is 104 cm³/mol. The van der Waals surface area contributed by atoms with E-state index in [1.165, 1.54) is 18.2 Å². The van der Waals surface area contributed by atoms with Gasteiger partial charge in [-0.2, -0.15) is 5.26 Å². The van der Waals surface area contributed by atoms with Crippen molar-refractivity contribution in [1.29, 1.82) is 5.26 Å². The highest BCUT2D eigenvalue weighted by molar-refractivity contribution is 6.32. The van der Waals surface area contributed by atoms with Crippen molar-refractivity contribution in [2.75, 3.05) is 11.4 Å². The second kappa shape index (κ2) is 6.97. The van der Waals surface area contributed by atoms with Gasteiger partial charge in [0, 0.05) is 16.3 Å². The van der Waals surface area contributed by atoms with Crippen LogP contribution in [0.1, 0.15) is 23.1 Å². The van der Waals surface area contributed by atoms with Crippen molar-refractivity contribution in [3.8, 4) is 6.07 Å². The van der Waals surface area contributed by atoms with Crippen molar-refractivity contribution in [3.05, 3.63) is 64.2 Å². The van der Waals surface area contributed by atoms with E-state index in [9.17, 15) is 24.3 Å². The van der Waals surface area contributed by atoms with E-state index in [0.717, 1.165) is 9.80 Å². The van der Waals surface area contributed by atoms with E-state index in [-0.39, 0.29) is 22.8 Å². The fraction of sp³-hybridized carbons (Fsp3) is 0.190. The maximum Gasteiger partial charge on any atom is 0.323 e. The van der Waals surface area contributed by atoms with Crippen molar-refractivity contribution in [1.82, 2.24) is 4.90 Å². The number of anilines is 1. The summed E-state index contributed by atoms with van der Waals surface area (Å²) in [5.41, 5.74) is -0.413. The van der Waals surface area contributed by atoms with Crippen molar-refractivity contribution >= 4 is 41.0 Å². The van der Waals surface area contributed by atoms with Crippen LogP contribution in [0.4, 0.5) is 5.69 Å². The van der Waals surface area contributed by atoms with Crippen molar-refractivity contribution < 1.29 is 24.3 Å². The summed E-state index contributed by atoms with van der Waals surface area (Å²) < 4.78 is 0. The molecule has 2 aliphatic heterocycles. The van der Waals surface area contributed by atoms with Crippen LogP contribution in [0.15, 0.2) is 42.5 Å². The molecule has 0 aliphatic carbocycles. The molecule has 1 atom stereocenters. The fourth-order valence-electron chi connectivity index (χ4n) is 4.03. The number of hydrogen-bond acceptors (Lipinski definition) is 5. The molecule has 0 radical (unpaired) electrons. The first-order valence-electron chi connectivity index (χ1n) is 8.95. The summed E-state index contributed by atoms with van der Waals surface area (Å²) in [5.74, 6) is -3.29. The summed E-state index contributed by atoms with van der Waals surface area (Å²) in [4.78, 5) is 52.7. The van der Waals surface area contributed by atoms with E-state index in [4.69, 9.17) is 16.9 Å². The molecule has 30 heavy (non-hydrogen) atoms. The Morgan fingerprint density at radius 2 is 1.87 bits per heavy atom. The van der Waals surface area contributed by atoms with E-state index in [1.54, 1.807) is 24.3 Å². The van der Waals surface area contributed by atoms with Gasteiger partial charge in [-0.3, -0.25) is 29.0 Å². The molecule has 150 valence electrons. The molecule has 8 nitrogen and oxygen atoms in total. The lowest BCUT2D eigenvalue weighted by atomic mass is 9.80. The molecule has 3 amide bonds. The van der Waals surface area contributed by atoms with Crippen molar-refractivity contribution in [2.45, 2.75) is 18.4 Å². The van der Waals surface area contributed by atoms with Crippen LogP contribution in [0.25, 0.3) is 0 Å². The van der Waals surface area contributed by atoms with Crippen LogP contribution in [0.2, 0.25) is 5.02 Å². The van der Waals surface area contributed by atoms with E-state index < -0.39 is 42.1 Å². The van der Waals surface area contributed by atoms with Crippen LogP contribution < -0.4 is 4.90 Å². The third-order valence-corrected chi connectivity index (χ3v) is 5.57. The van der Waals surface area contributed by atoms with Gasteiger partial charge in [0.1, 0.15) is 6.54 Å². The van der Waals surface area contributed by atoms with E-state index in [2.05, 4.69) is 0 Å². The van der Waals surface area contributed by atoms with E-state index >= 15 is 0 Å². The van der Waals surface area contributed by atoms with Crippen LogP contribution in [-0.4, -0.2) is 40.2 Å². The molecule has 0 saturated carbocycles. The molecule has 4 rings (SSSR count). The summed E-state index contributed by atoms with van der Waals surface area (Å²) in [6.07, 6.45) is -0.411. The summed E-state index contributed by atoms with van der Waals surface area (Å²) in [7, 11) is 0. The van der Waals surface area contributed by atoms with Gasteiger partial charge in [-0.15, -0.1) is 0 Å². The number of carbonyl (C=O) groups excluding carboxylic acids is 3. The molecule has 1 unspecified atom stereocenters. The van der Waals surface area contributed by atoms with Crippen LogP contribution in [-0.2, 0) is 31.1 Å². The first kappa shape index (κ1) is 19.6. The smallest absolute Gasteiger partial charge is 0.323 e. The minimum absolute atomic E-state index is 0.100. The Morgan fingerprint density at radius 3 is 2.57 bits per heavy atom. The Hall–Kier alpha value is -3.70. The second-order valence-electron chi connectivity index (χ2n) is 7.13. The molecular formula is C21H14ClN3O5. The highest BCUT2D eigenvalue weighted by atomic mass is 35.5. The van der Waals surface area contributed by atoms with E-state index in [0.29, 0.717) is 11.1 Å². The Balaban J connectivity index is 1.77. The summed E-state index contributed by atoms with van der Waals surface area (Å²) >= 11 is 6.08. The fourth-order valence-corrected chi connectivity index (χ4v) is 4.21. The number of carbonyl (C=O) groups is 4. The SMILES string of the molecule is N#Cc1cccc(CN2C(=O)CC3(C2=O)C(=O)N(CC(=O)O)c2ccc(Cl)cc23)c1. The topological polar surface area (TPSA) is 119 Å². The van der Waals surface area contributed by atoms with Crippen LogP contribution in [0, 0.1) is 11.3 Å². The third kappa shape index (κ3) is 2.83. The van der Waals surface area contributed by atoms with Gasteiger partial charge in [-0.25, -0.2) is 0 Å². The molecule has 1 spiro atoms. The highest BCUT2D eigenvalue weighted by Gasteiger charge is 2.63. The molecule has 2 heterocycles. The number of benzene rings is 2. The van der Waals surface area contributed by atoms with E-state index in [1.807, 2.05) is 6.07 Å². The minimum Gasteiger partial charge on any atom is -0.480 e. The van der Waals surface area contributed by atoms with Gasteiger partial charge in [0.15, 0.2) is 5.41 Å². The first-order valence-corrected chi connectivity index (χ1v) is 9.33. The number of nitrogens with zero attached hydrogens (tertiary/aromatic N) is 3. The third-order valence-electron chi connectivity index (χ3n) is 5.34. The van der Waals surface area contributed by atoms with Gasteiger partial charge in [0.05, 0.1) is 24.6 Å². The molecule has 1 saturated heterocycles. The Kier molecular flexibility index (Phi) is 4.56. The molecule has 2 aromatic rings. The maximum absolute atomic E-state index is 13.4. The number of imide groups is 1. The zero-order valence-corrected chi connectivity index (χ0v) is 16.2. The number of fused-ring (bicyclic) bond motifs is 2. The normalized spacial score (nSPS) is 20.1. The van der Waals surface area contributed by atoms with Gasteiger partial charge in [-0.05, 0) is 35.9 Å². The number of hydrogen-bond donors (Lipinski definition) is 1. The zero-order valence-electron chi connectivity index (χ0n) is 15.5. The van der Waals surface area contributed by atoms with Crippen LogP contribution in [0.5, 0.6) is 0 Å². The quantitative estimate of drug-likeness (QED) is 0.592. The van der Waals surface area contributed by atoms with Crippen LogP contribution in [0.3, 0.4) is 0 Å². The molecule has 2 aliphatic rings. The number of carboxylic acid groups (broad SMARTS) is 1. The lowest BCUT2D eigenvalue weighted by Crippen LogP contribution is -2.47. The first-order chi connectivity index (χ1) is 14.3. The lowest BCUT2D eigenvalue weighted by molar-refractivity contribution is -0.143. The number of amides is 3. The average Bonchev–Trinajstić information content (AvgIpc) is 3.09. The molecule has 9 heteroatoms. The van der Waals surface area contributed by atoms with Gasteiger partial charge in [-0.1, -0.05) is 23.7 Å². The zero-order chi connectivity index (χ0) is 21.6. The maximum atomic E-state index is 13.4. The predicted octanol–water partition coefficient (Wildman–Crippen LogP) is 1.84. The molecule has 0 aromatic heterocycles. The molecule has 1 N–H and O–H groups in total. The van der Waals surface area contributed by atoms with Crippen molar-refractivity contribution in [3.63, 3.8) is 0 Å². The Morgan fingerprint density at radius 1 is 1.13 bits per heavy atom. The summed E-state index contributed by atoms with van der Waals surface area (Å²) in [5, 5.41) is 18.5.